The molecule has 6 N–H and O–H groups in total. The van der Waals surface area contributed by atoms with E-state index >= 15 is 0 Å². The minimum absolute atomic E-state index is 0.579. The van der Waals surface area contributed by atoms with Crippen molar-refractivity contribution in [3.05, 3.63) is 42.5 Å². The standard InChI is InChI=1S/C12H13N3/c13-10-4-2-1-3-9(10)8-5-6-11(14)12(15)7-8/h1-7H,13-15H2. The molecule has 0 heterocycles. The number of nitrogen functional groups attached to an aromatic ring is 3. The molecule has 0 aliphatic carbocycles. The minimum Gasteiger partial charge on any atom is -0.398 e. The summed E-state index contributed by atoms with van der Waals surface area (Å²) >= 11 is 0. The van der Waals surface area contributed by atoms with Gasteiger partial charge in [0.2, 0.25) is 0 Å². The van der Waals surface area contributed by atoms with Crippen LogP contribution >= 0.6 is 0 Å². The molecule has 0 aromatic heterocycles. The summed E-state index contributed by atoms with van der Waals surface area (Å²) < 4.78 is 0. The van der Waals surface area contributed by atoms with Crippen LogP contribution in [0.5, 0.6) is 0 Å². The first-order chi connectivity index (χ1) is 7.18. The summed E-state index contributed by atoms with van der Waals surface area (Å²) in [6.45, 7) is 0. The molecule has 3 nitrogen and oxygen atoms in total. The Bertz CT molecular complexity index is 492. The quantitative estimate of drug-likeness (QED) is 0.615. The maximum Gasteiger partial charge on any atom is 0.0554 e. The molecule has 0 atom stereocenters. The molecule has 2 aromatic carbocycles. The maximum atomic E-state index is 5.87. The summed E-state index contributed by atoms with van der Waals surface area (Å²) in [5, 5.41) is 0. The van der Waals surface area contributed by atoms with Crippen molar-refractivity contribution in [1.29, 1.82) is 0 Å². The van der Waals surface area contributed by atoms with E-state index in [1.54, 1.807) is 6.07 Å². The van der Waals surface area contributed by atoms with Crippen molar-refractivity contribution < 1.29 is 0 Å². The Hall–Kier alpha value is -2.16. The molecule has 0 saturated heterocycles. The lowest BCUT2D eigenvalue weighted by Crippen LogP contribution is -1.95. The van der Waals surface area contributed by atoms with E-state index in [1.807, 2.05) is 36.4 Å². The fourth-order valence-corrected chi connectivity index (χ4v) is 1.50. The molecular formula is C12H13N3. The van der Waals surface area contributed by atoms with Gasteiger partial charge in [0.25, 0.3) is 0 Å². The van der Waals surface area contributed by atoms with Gasteiger partial charge in [-0.2, -0.15) is 0 Å². The molecule has 0 saturated carbocycles. The van der Waals surface area contributed by atoms with Gasteiger partial charge in [-0.05, 0) is 23.8 Å². The highest BCUT2D eigenvalue weighted by Crippen LogP contribution is 2.28. The fourth-order valence-electron chi connectivity index (χ4n) is 1.50. The third-order valence-corrected chi connectivity index (χ3v) is 2.36. The van der Waals surface area contributed by atoms with E-state index in [-0.39, 0.29) is 0 Å². The number of benzene rings is 2. The van der Waals surface area contributed by atoms with Crippen LogP contribution in [0.25, 0.3) is 11.1 Å². The van der Waals surface area contributed by atoms with Crippen molar-refractivity contribution >= 4 is 17.1 Å². The third kappa shape index (κ3) is 1.72. The molecule has 0 radical (unpaired) electrons. The second-order valence-corrected chi connectivity index (χ2v) is 3.43. The second-order valence-electron chi connectivity index (χ2n) is 3.43. The number of hydrogen-bond donors (Lipinski definition) is 3. The lowest BCUT2D eigenvalue weighted by molar-refractivity contribution is 1.60. The number of nitrogens with two attached hydrogens (primary N) is 3. The van der Waals surface area contributed by atoms with E-state index in [1.165, 1.54) is 0 Å². The fraction of sp³-hybridized carbons (Fsp3) is 0. The van der Waals surface area contributed by atoms with Gasteiger partial charge in [0.1, 0.15) is 0 Å². The Kier molecular flexibility index (Phi) is 2.21. The first kappa shape index (κ1) is 9.40. The zero-order valence-corrected chi connectivity index (χ0v) is 8.27. The molecule has 0 amide bonds. The largest absolute Gasteiger partial charge is 0.398 e. The lowest BCUT2D eigenvalue weighted by Gasteiger charge is -2.07. The van der Waals surface area contributed by atoms with Crippen molar-refractivity contribution in [1.82, 2.24) is 0 Å². The van der Waals surface area contributed by atoms with E-state index in [4.69, 9.17) is 17.2 Å². The van der Waals surface area contributed by atoms with Gasteiger partial charge in [0.15, 0.2) is 0 Å². The third-order valence-electron chi connectivity index (χ3n) is 2.36. The van der Waals surface area contributed by atoms with Gasteiger partial charge in [0.05, 0.1) is 11.4 Å². The Morgan fingerprint density at radius 1 is 0.667 bits per heavy atom. The Morgan fingerprint density at radius 2 is 1.40 bits per heavy atom. The summed E-state index contributed by atoms with van der Waals surface area (Å²) in [4.78, 5) is 0. The zero-order valence-electron chi connectivity index (χ0n) is 8.27. The number of anilines is 3. The van der Waals surface area contributed by atoms with Gasteiger partial charge in [0, 0.05) is 11.3 Å². The van der Waals surface area contributed by atoms with Crippen LogP contribution in [0.4, 0.5) is 17.1 Å². The Balaban J connectivity index is 2.55. The highest BCUT2D eigenvalue weighted by molar-refractivity contribution is 5.80. The van der Waals surface area contributed by atoms with Crippen molar-refractivity contribution in [2.24, 2.45) is 0 Å². The van der Waals surface area contributed by atoms with Gasteiger partial charge < -0.3 is 17.2 Å². The average molecular weight is 199 g/mol. The van der Waals surface area contributed by atoms with Gasteiger partial charge in [-0.25, -0.2) is 0 Å². The van der Waals surface area contributed by atoms with Crippen molar-refractivity contribution in [3.63, 3.8) is 0 Å². The van der Waals surface area contributed by atoms with E-state index in [0.717, 1.165) is 16.8 Å². The predicted octanol–water partition coefficient (Wildman–Crippen LogP) is 2.10. The van der Waals surface area contributed by atoms with Crippen molar-refractivity contribution in [3.8, 4) is 11.1 Å². The van der Waals surface area contributed by atoms with Gasteiger partial charge in [-0.1, -0.05) is 24.3 Å². The van der Waals surface area contributed by atoms with E-state index in [9.17, 15) is 0 Å². The molecule has 76 valence electrons. The van der Waals surface area contributed by atoms with Crippen LogP contribution < -0.4 is 17.2 Å². The molecule has 3 heteroatoms. The monoisotopic (exact) mass is 199 g/mol. The highest BCUT2D eigenvalue weighted by atomic mass is 14.7. The second kappa shape index (κ2) is 3.53. The molecular weight excluding hydrogens is 186 g/mol. The molecule has 2 rings (SSSR count). The molecule has 0 bridgehead atoms. The van der Waals surface area contributed by atoms with E-state index in [2.05, 4.69) is 0 Å². The van der Waals surface area contributed by atoms with E-state index in [0.29, 0.717) is 11.4 Å². The van der Waals surface area contributed by atoms with Crippen LogP contribution in [0.3, 0.4) is 0 Å². The topological polar surface area (TPSA) is 78.1 Å². The van der Waals surface area contributed by atoms with Crippen LogP contribution in [-0.4, -0.2) is 0 Å². The highest BCUT2D eigenvalue weighted by Gasteiger charge is 2.03. The van der Waals surface area contributed by atoms with Gasteiger partial charge in [-0.3, -0.25) is 0 Å². The van der Waals surface area contributed by atoms with Crippen LogP contribution in [-0.2, 0) is 0 Å². The Morgan fingerprint density at radius 3 is 2.07 bits per heavy atom. The van der Waals surface area contributed by atoms with Crippen molar-refractivity contribution in [2.45, 2.75) is 0 Å². The molecule has 15 heavy (non-hydrogen) atoms. The maximum absolute atomic E-state index is 5.87. The molecule has 0 unspecified atom stereocenters. The summed E-state index contributed by atoms with van der Waals surface area (Å²) in [5.41, 5.74) is 21.1. The Labute approximate surface area is 88.5 Å². The normalized spacial score (nSPS) is 10.1. The summed E-state index contributed by atoms with van der Waals surface area (Å²) in [7, 11) is 0. The van der Waals surface area contributed by atoms with Gasteiger partial charge >= 0.3 is 0 Å². The molecule has 2 aromatic rings. The van der Waals surface area contributed by atoms with Gasteiger partial charge in [-0.15, -0.1) is 0 Å². The zero-order chi connectivity index (χ0) is 10.8. The molecule has 0 aliphatic heterocycles. The molecule has 0 fully saturated rings. The predicted molar refractivity (Wildman–Crippen MR) is 65.1 cm³/mol. The summed E-state index contributed by atoms with van der Waals surface area (Å²) in [6, 6.07) is 13.2. The number of rotatable bonds is 1. The van der Waals surface area contributed by atoms with Crippen LogP contribution in [0.2, 0.25) is 0 Å². The number of para-hydroxylation sites is 1. The van der Waals surface area contributed by atoms with Crippen LogP contribution in [0.1, 0.15) is 0 Å². The lowest BCUT2D eigenvalue weighted by atomic mass is 10.0. The molecule has 0 aliphatic rings. The van der Waals surface area contributed by atoms with Crippen LogP contribution in [0.15, 0.2) is 42.5 Å². The number of hydrogen-bond acceptors (Lipinski definition) is 3. The average Bonchev–Trinajstić information content (AvgIpc) is 2.23. The van der Waals surface area contributed by atoms with E-state index < -0.39 is 0 Å². The minimum atomic E-state index is 0.579. The smallest absolute Gasteiger partial charge is 0.0554 e. The molecule has 0 spiro atoms. The summed E-state index contributed by atoms with van der Waals surface area (Å²) in [6.07, 6.45) is 0. The SMILES string of the molecule is Nc1ccc(-c2ccccc2N)cc1N. The van der Waals surface area contributed by atoms with Crippen LogP contribution in [0, 0.1) is 0 Å². The first-order valence-corrected chi connectivity index (χ1v) is 4.68. The first-order valence-electron chi connectivity index (χ1n) is 4.68. The van der Waals surface area contributed by atoms with Crippen molar-refractivity contribution in [2.75, 3.05) is 17.2 Å². The summed E-state index contributed by atoms with van der Waals surface area (Å²) in [5.74, 6) is 0.